The fraction of sp³-hybridized carbons (Fsp3) is 1.00. The molecule has 1 unspecified atom stereocenters. The van der Waals surface area contributed by atoms with E-state index in [0.29, 0.717) is 37.8 Å². The highest BCUT2D eigenvalue weighted by atomic mass is 19.4. The Kier molecular flexibility index (Phi) is 4.57. The van der Waals surface area contributed by atoms with Crippen molar-refractivity contribution in [1.82, 2.24) is 5.32 Å². The number of nitrogens with one attached hydrogen (secondary N) is 1. The molecular weight excluding hydrogens is 239 g/mol. The van der Waals surface area contributed by atoms with E-state index in [-0.39, 0.29) is 0 Å². The zero-order valence-electron chi connectivity index (χ0n) is 11.1. The van der Waals surface area contributed by atoms with Gasteiger partial charge in [-0.1, -0.05) is 19.3 Å². The van der Waals surface area contributed by atoms with Crippen molar-refractivity contribution in [1.29, 1.82) is 0 Å². The first-order valence-corrected chi connectivity index (χ1v) is 7.28. The lowest BCUT2D eigenvalue weighted by Gasteiger charge is -2.34. The second-order valence-corrected chi connectivity index (χ2v) is 6.19. The molecule has 0 amide bonds. The van der Waals surface area contributed by atoms with E-state index in [1.807, 2.05) is 0 Å². The number of hydrogen-bond acceptors (Lipinski definition) is 1. The third-order valence-electron chi connectivity index (χ3n) is 4.62. The highest BCUT2D eigenvalue weighted by molar-refractivity contribution is 4.83. The van der Waals surface area contributed by atoms with Gasteiger partial charge in [-0.2, -0.15) is 13.2 Å². The van der Waals surface area contributed by atoms with Gasteiger partial charge in [-0.05, 0) is 44.9 Å². The summed E-state index contributed by atoms with van der Waals surface area (Å²) >= 11 is 0. The Morgan fingerprint density at radius 2 is 1.67 bits per heavy atom. The second kappa shape index (κ2) is 5.81. The Labute approximate surface area is 108 Å². The van der Waals surface area contributed by atoms with Crippen LogP contribution in [0.15, 0.2) is 0 Å². The average Bonchev–Trinajstić information content (AvgIpc) is 2.23. The predicted octanol–water partition coefficient (Wildman–Crippen LogP) is 4.28. The SMILES string of the molecule is CC(CC1CCC1)NC1CCC(C(F)(F)F)CC1. The van der Waals surface area contributed by atoms with Crippen LogP contribution in [0.3, 0.4) is 0 Å². The third-order valence-corrected chi connectivity index (χ3v) is 4.62. The maximum Gasteiger partial charge on any atom is 0.391 e. The Bertz CT molecular complexity index is 252. The van der Waals surface area contributed by atoms with Crippen LogP contribution in [-0.4, -0.2) is 18.3 Å². The summed E-state index contributed by atoms with van der Waals surface area (Å²) in [5.74, 6) is -0.198. The zero-order valence-corrected chi connectivity index (χ0v) is 11.1. The summed E-state index contributed by atoms with van der Waals surface area (Å²) in [6.07, 6.45) is 3.21. The van der Waals surface area contributed by atoms with E-state index in [1.54, 1.807) is 0 Å². The Balaban J connectivity index is 1.66. The maximum atomic E-state index is 12.5. The smallest absolute Gasteiger partial charge is 0.311 e. The largest absolute Gasteiger partial charge is 0.391 e. The van der Waals surface area contributed by atoms with Gasteiger partial charge in [0, 0.05) is 12.1 Å². The normalized spacial score (nSPS) is 32.0. The summed E-state index contributed by atoms with van der Waals surface area (Å²) in [6, 6.07) is 0.765. The van der Waals surface area contributed by atoms with Crippen LogP contribution in [0.1, 0.15) is 58.3 Å². The molecule has 1 nitrogen and oxygen atoms in total. The van der Waals surface area contributed by atoms with Crippen molar-refractivity contribution in [3.8, 4) is 0 Å². The second-order valence-electron chi connectivity index (χ2n) is 6.19. The minimum Gasteiger partial charge on any atom is -0.311 e. The fourth-order valence-corrected chi connectivity index (χ4v) is 3.29. The molecule has 2 saturated carbocycles. The van der Waals surface area contributed by atoms with E-state index in [1.165, 1.54) is 25.7 Å². The van der Waals surface area contributed by atoms with Crippen LogP contribution >= 0.6 is 0 Å². The molecule has 0 radical (unpaired) electrons. The van der Waals surface area contributed by atoms with Crippen LogP contribution < -0.4 is 5.32 Å². The summed E-state index contributed by atoms with van der Waals surface area (Å²) in [4.78, 5) is 0. The van der Waals surface area contributed by atoms with Crippen molar-refractivity contribution in [2.45, 2.75) is 76.6 Å². The van der Waals surface area contributed by atoms with E-state index in [4.69, 9.17) is 0 Å². The number of rotatable bonds is 4. The molecule has 0 saturated heterocycles. The van der Waals surface area contributed by atoms with E-state index in [9.17, 15) is 13.2 Å². The summed E-state index contributed by atoms with van der Waals surface area (Å²) in [5.41, 5.74) is 0. The molecule has 2 aliphatic carbocycles. The number of hydrogen-bond donors (Lipinski definition) is 1. The standard InChI is InChI=1S/C14H24F3N/c1-10(9-11-3-2-4-11)18-13-7-5-12(6-8-13)14(15,16)17/h10-13,18H,2-9H2,1H3. The summed E-state index contributed by atoms with van der Waals surface area (Å²) in [6.45, 7) is 2.17. The topological polar surface area (TPSA) is 12.0 Å². The quantitative estimate of drug-likeness (QED) is 0.798. The van der Waals surface area contributed by atoms with Crippen molar-refractivity contribution >= 4 is 0 Å². The van der Waals surface area contributed by atoms with Gasteiger partial charge < -0.3 is 5.32 Å². The zero-order chi connectivity index (χ0) is 13.2. The van der Waals surface area contributed by atoms with E-state index in [2.05, 4.69) is 12.2 Å². The Morgan fingerprint density at radius 3 is 2.11 bits per heavy atom. The van der Waals surface area contributed by atoms with Gasteiger partial charge in [0.1, 0.15) is 0 Å². The molecule has 2 rings (SSSR count). The third kappa shape index (κ3) is 3.87. The van der Waals surface area contributed by atoms with Crippen LogP contribution in [0.5, 0.6) is 0 Å². The van der Waals surface area contributed by atoms with E-state index in [0.717, 1.165) is 5.92 Å². The van der Waals surface area contributed by atoms with Gasteiger partial charge in [-0.3, -0.25) is 0 Å². The minimum atomic E-state index is -3.98. The summed E-state index contributed by atoms with van der Waals surface area (Å²) in [5, 5.41) is 3.52. The van der Waals surface area contributed by atoms with Crippen LogP contribution in [0, 0.1) is 11.8 Å². The monoisotopic (exact) mass is 263 g/mol. The van der Waals surface area contributed by atoms with Gasteiger partial charge in [0.2, 0.25) is 0 Å². The van der Waals surface area contributed by atoms with Crippen LogP contribution in [-0.2, 0) is 0 Å². The number of alkyl halides is 3. The van der Waals surface area contributed by atoms with Crippen molar-refractivity contribution < 1.29 is 13.2 Å². The van der Waals surface area contributed by atoms with Gasteiger partial charge in [0.25, 0.3) is 0 Å². The first-order chi connectivity index (χ1) is 8.45. The van der Waals surface area contributed by atoms with Crippen molar-refractivity contribution in [3.63, 3.8) is 0 Å². The lowest BCUT2D eigenvalue weighted by atomic mass is 9.80. The lowest BCUT2D eigenvalue weighted by Crippen LogP contribution is -2.42. The molecule has 2 aliphatic rings. The molecule has 0 bridgehead atoms. The molecule has 106 valence electrons. The maximum absolute atomic E-state index is 12.5. The first-order valence-electron chi connectivity index (χ1n) is 7.28. The molecule has 0 aliphatic heterocycles. The average molecular weight is 263 g/mol. The van der Waals surface area contributed by atoms with Gasteiger partial charge in [0.05, 0.1) is 5.92 Å². The molecular formula is C14H24F3N. The molecule has 4 heteroatoms. The van der Waals surface area contributed by atoms with Crippen LogP contribution in [0.4, 0.5) is 13.2 Å². The molecule has 0 spiro atoms. The summed E-state index contributed by atoms with van der Waals surface area (Å²) in [7, 11) is 0. The lowest BCUT2D eigenvalue weighted by molar-refractivity contribution is -0.182. The summed E-state index contributed by atoms with van der Waals surface area (Å²) < 4.78 is 37.6. The van der Waals surface area contributed by atoms with Crippen LogP contribution in [0.2, 0.25) is 0 Å². The van der Waals surface area contributed by atoms with Gasteiger partial charge >= 0.3 is 6.18 Å². The van der Waals surface area contributed by atoms with Crippen molar-refractivity contribution in [3.05, 3.63) is 0 Å². The van der Waals surface area contributed by atoms with Crippen LogP contribution in [0.25, 0.3) is 0 Å². The Hall–Kier alpha value is -0.250. The Morgan fingerprint density at radius 1 is 1.06 bits per heavy atom. The molecule has 1 atom stereocenters. The molecule has 0 aromatic carbocycles. The predicted molar refractivity (Wildman–Crippen MR) is 66.4 cm³/mol. The minimum absolute atomic E-state index is 0.303. The molecule has 0 aromatic rings. The van der Waals surface area contributed by atoms with Crippen molar-refractivity contribution in [2.24, 2.45) is 11.8 Å². The van der Waals surface area contributed by atoms with Crippen molar-refractivity contribution in [2.75, 3.05) is 0 Å². The first kappa shape index (κ1) is 14.2. The molecule has 2 fully saturated rings. The van der Waals surface area contributed by atoms with E-state index < -0.39 is 12.1 Å². The molecule has 0 aromatic heterocycles. The number of halogens is 3. The van der Waals surface area contributed by atoms with Gasteiger partial charge in [-0.25, -0.2) is 0 Å². The van der Waals surface area contributed by atoms with Gasteiger partial charge in [0.15, 0.2) is 0 Å². The molecule has 1 N–H and O–H groups in total. The fourth-order valence-electron chi connectivity index (χ4n) is 3.29. The molecule has 0 heterocycles. The van der Waals surface area contributed by atoms with Gasteiger partial charge in [-0.15, -0.1) is 0 Å². The molecule has 18 heavy (non-hydrogen) atoms. The highest BCUT2D eigenvalue weighted by Crippen LogP contribution is 2.38. The highest BCUT2D eigenvalue weighted by Gasteiger charge is 2.41. The van der Waals surface area contributed by atoms with E-state index >= 15 is 0 Å².